The number of benzene rings is 1. The molecular formula is C19H26N2O4. The molecule has 2 N–H and O–H groups in total. The molecule has 136 valence electrons. The highest BCUT2D eigenvalue weighted by Gasteiger charge is 2.42. The lowest BCUT2D eigenvalue weighted by atomic mass is 9.94. The summed E-state index contributed by atoms with van der Waals surface area (Å²) in [6.07, 6.45) is 5.05. The summed E-state index contributed by atoms with van der Waals surface area (Å²) in [4.78, 5) is 24.0. The first kappa shape index (κ1) is 17.9. The number of aryl methyl sites for hydroxylation is 2. The summed E-state index contributed by atoms with van der Waals surface area (Å²) in [5.74, 6) is -1.80. The van der Waals surface area contributed by atoms with Crippen LogP contribution in [0.15, 0.2) is 18.2 Å². The van der Waals surface area contributed by atoms with Gasteiger partial charge >= 0.3 is 11.8 Å². The molecule has 1 spiro atoms. The molecule has 1 atom stereocenters. The van der Waals surface area contributed by atoms with E-state index in [1.165, 1.54) is 6.42 Å². The fourth-order valence-electron chi connectivity index (χ4n) is 3.36. The molecule has 0 bridgehead atoms. The van der Waals surface area contributed by atoms with Crippen molar-refractivity contribution in [2.24, 2.45) is 0 Å². The second kappa shape index (κ2) is 7.54. The van der Waals surface area contributed by atoms with Crippen LogP contribution in [0, 0.1) is 13.8 Å². The minimum absolute atomic E-state index is 0.198. The summed E-state index contributed by atoms with van der Waals surface area (Å²) in [5, 5.41) is 5.26. The van der Waals surface area contributed by atoms with Gasteiger partial charge in [-0.3, -0.25) is 9.59 Å². The number of rotatable bonds is 3. The minimum Gasteiger partial charge on any atom is -0.347 e. The average Bonchev–Trinajstić information content (AvgIpc) is 2.99. The molecule has 1 saturated carbocycles. The normalized spacial score (nSPS) is 21.9. The number of anilines is 1. The summed E-state index contributed by atoms with van der Waals surface area (Å²) < 4.78 is 11.8. The van der Waals surface area contributed by atoms with Gasteiger partial charge in [-0.1, -0.05) is 12.5 Å². The first-order valence-electron chi connectivity index (χ1n) is 8.96. The Bertz CT molecular complexity index is 653. The van der Waals surface area contributed by atoms with E-state index in [0.717, 1.165) is 36.8 Å². The van der Waals surface area contributed by atoms with Crippen molar-refractivity contribution < 1.29 is 19.1 Å². The van der Waals surface area contributed by atoms with E-state index in [-0.39, 0.29) is 12.6 Å². The summed E-state index contributed by atoms with van der Waals surface area (Å²) in [5.41, 5.74) is 2.81. The van der Waals surface area contributed by atoms with Gasteiger partial charge in [-0.25, -0.2) is 0 Å². The molecule has 1 aliphatic heterocycles. The highest BCUT2D eigenvalue weighted by molar-refractivity contribution is 6.39. The van der Waals surface area contributed by atoms with Crippen LogP contribution in [0.1, 0.15) is 43.2 Å². The fourth-order valence-corrected chi connectivity index (χ4v) is 3.36. The summed E-state index contributed by atoms with van der Waals surface area (Å²) in [6, 6.07) is 5.55. The smallest absolute Gasteiger partial charge is 0.313 e. The number of amides is 2. The SMILES string of the molecule is Cc1ccc(NC(=O)C(=O)NC[C@H]2COC3(CCCCC3)O2)cc1C. The first-order chi connectivity index (χ1) is 12.0. The number of hydrogen-bond acceptors (Lipinski definition) is 4. The monoisotopic (exact) mass is 346 g/mol. The first-order valence-corrected chi connectivity index (χ1v) is 8.96. The number of carbonyl (C=O) groups is 2. The molecule has 6 heteroatoms. The molecule has 0 radical (unpaired) electrons. The van der Waals surface area contributed by atoms with Gasteiger partial charge in [-0.05, 0) is 49.9 Å². The van der Waals surface area contributed by atoms with Crippen LogP contribution in [-0.2, 0) is 19.1 Å². The molecule has 1 aliphatic carbocycles. The van der Waals surface area contributed by atoms with Crippen LogP contribution < -0.4 is 10.6 Å². The van der Waals surface area contributed by atoms with Crippen LogP contribution in [0.4, 0.5) is 5.69 Å². The second-order valence-electron chi connectivity index (χ2n) is 6.99. The molecule has 1 aromatic carbocycles. The van der Waals surface area contributed by atoms with Crippen LogP contribution in [0.2, 0.25) is 0 Å². The van der Waals surface area contributed by atoms with E-state index in [9.17, 15) is 9.59 Å². The average molecular weight is 346 g/mol. The van der Waals surface area contributed by atoms with E-state index in [4.69, 9.17) is 9.47 Å². The maximum Gasteiger partial charge on any atom is 0.313 e. The molecular weight excluding hydrogens is 320 g/mol. The Morgan fingerprint density at radius 1 is 1.12 bits per heavy atom. The van der Waals surface area contributed by atoms with Gasteiger partial charge < -0.3 is 20.1 Å². The van der Waals surface area contributed by atoms with Crippen LogP contribution in [0.3, 0.4) is 0 Å². The molecule has 2 aliphatic rings. The van der Waals surface area contributed by atoms with Gasteiger partial charge in [-0.2, -0.15) is 0 Å². The largest absolute Gasteiger partial charge is 0.347 e. The molecule has 1 saturated heterocycles. The van der Waals surface area contributed by atoms with E-state index in [2.05, 4.69) is 10.6 Å². The Balaban J connectivity index is 1.46. The van der Waals surface area contributed by atoms with Gasteiger partial charge in [0.25, 0.3) is 0 Å². The van der Waals surface area contributed by atoms with Crippen molar-refractivity contribution in [3.63, 3.8) is 0 Å². The van der Waals surface area contributed by atoms with E-state index >= 15 is 0 Å². The molecule has 3 rings (SSSR count). The predicted octanol–water partition coefficient (Wildman–Crippen LogP) is 2.43. The highest BCUT2D eigenvalue weighted by Crippen LogP contribution is 2.37. The summed E-state index contributed by atoms with van der Waals surface area (Å²) in [6.45, 7) is 4.69. The van der Waals surface area contributed by atoms with Gasteiger partial charge in [0.2, 0.25) is 0 Å². The summed E-state index contributed by atoms with van der Waals surface area (Å²) in [7, 11) is 0. The molecule has 0 aromatic heterocycles. The van der Waals surface area contributed by atoms with Gasteiger partial charge in [-0.15, -0.1) is 0 Å². The fraction of sp³-hybridized carbons (Fsp3) is 0.579. The lowest BCUT2D eigenvalue weighted by molar-refractivity contribution is -0.186. The van der Waals surface area contributed by atoms with Crippen LogP contribution in [0.5, 0.6) is 0 Å². The third-order valence-electron chi connectivity index (χ3n) is 4.99. The van der Waals surface area contributed by atoms with Gasteiger partial charge in [0.05, 0.1) is 6.61 Å². The van der Waals surface area contributed by atoms with Crippen molar-refractivity contribution >= 4 is 17.5 Å². The Kier molecular flexibility index (Phi) is 5.39. The number of ether oxygens (including phenoxy) is 2. The van der Waals surface area contributed by atoms with Gasteiger partial charge in [0, 0.05) is 25.1 Å². The zero-order valence-corrected chi connectivity index (χ0v) is 14.9. The molecule has 1 heterocycles. The third-order valence-corrected chi connectivity index (χ3v) is 4.99. The predicted molar refractivity (Wildman–Crippen MR) is 94.2 cm³/mol. The van der Waals surface area contributed by atoms with Crippen molar-refractivity contribution in [2.45, 2.75) is 57.8 Å². The third kappa shape index (κ3) is 4.38. The van der Waals surface area contributed by atoms with Gasteiger partial charge in [0.1, 0.15) is 6.10 Å². The van der Waals surface area contributed by atoms with Crippen LogP contribution in [-0.4, -0.2) is 36.9 Å². The topological polar surface area (TPSA) is 76.7 Å². The maximum atomic E-state index is 12.0. The Hall–Kier alpha value is -1.92. The van der Waals surface area contributed by atoms with Crippen molar-refractivity contribution in [3.05, 3.63) is 29.3 Å². The molecule has 6 nitrogen and oxygen atoms in total. The van der Waals surface area contributed by atoms with Crippen molar-refractivity contribution in [3.8, 4) is 0 Å². The standard InChI is InChI=1S/C19H26N2O4/c1-13-6-7-15(10-14(13)2)21-18(23)17(22)20-11-16-12-24-19(25-16)8-4-3-5-9-19/h6-7,10,16H,3-5,8-9,11-12H2,1-2H3,(H,20,22)(H,21,23)/t16-/m0/s1. The number of nitrogens with one attached hydrogen (secondary N) is 2. The van der Waals surface area contributed by atoms with E-state index < -0.39 is 17.6 Å². The maximum absolute atomic E-state index is 12.0. The summed E-state index contributed by atoms with van der Waals surface area (Å²) >= 11 is 0. The van der Waals surface area contributed by atoms with Crippen LogP contribution >= 0.6 is 0 Å². The zero-order chi connectivity index (χ0) is 17.9. The van der Waals surface area contributed by atoms with Crippen molar-refractivity contribution in [1.82, 2.24) is 5.32 Å². The molecule has 25 heavy (non-hydrogen) atoms. The number of hydrogen-bond donors (Lipinski definition) is 2. The van der Waals surface area contributed by atoms with E-state index in [0.29, 0.717) is 12.3 Å². The molecule has 1 aromatic rings. The van der Waals surface area contributed by atoms with E-state index in [1.807, 2.05) is 26.0 Å². The Morgan fingerprint density at radius 2 is 1.88 bits per heavy atom. The number of carbonyl (C=O) groups excluding carboxylic acids is 2. The van der Waals surface area contributed by atoms with Crippen molar-refractivity contribution in [2.75, 3.05) is 18.5 Å². The van der Waals surface area contributed by atoms with E-state index in [1.54, 1.807) is 6.07 Å². The molecule has 0 unspecified atom stereocenters. The second-order valence-corrected chi connectivity index (χ2v) is 6.99. The lowest BCUT2D eigenvalue weighted by Crippen LogP contribution is -2.41. The molecule has 2 fully saturated rings. The molecule has 2 amide bonds. The zero-order valence-electron chi connectivity index (χ0n) is 14.9. The van der Waals surface area contributed by atoms with Crippen molar-refractivity contribution in [1.29, 1.82) is 0 Å². The minimum atomic E-state index is -0.672. The quantitative estimate of drug-likeness (QED) is 0.824. The Morgan fingerprint density at radius 3 is 2.60 bits per heavy atom. The Labute approximate surface area is 148 Å². The highest BCUT2D eigenvalue weighted by atomic mass is 16.7. The van der Waals surface area contributed by atoms with Gasteiger partial charge in [0.15, 0.2) is 5.79 Å². The lowest BCUT2D eigenvalue weighted by Gasteiger charge is -2.31. The van der Waals surface area contributed by atoms with Crippen LogP contribution in [0.25, 0.3) is 0 Å².